The topological polar surface area (TPSA) is 121 Å². The molecule has 1 aromatic carbocycles. The van der Waals surface area contributed by atoms with Gasteiger partial charge < -0.3 is 19.2 Å². The summed E-state index contributed by atoms with van der Waals surface area (Å²) in [6, 6.07) is 9.82. The van der Waals surface area contributed by atoms with Crippen molar-refractivity contribution in [3.8, 4) is 0 Å². The van der Waals surface area contributed by atoms with Gasteiger partial charge in [-0.15, -0.1) is 10.2 Å². The van der Waals surface area contributed by atoms with Crippen LogP contribution in [0, 0.1) is 86.3 Å². The average Bonchev–Trinajstić information content (AvgIpc) is 3.84. The number of carbonyl (C=O) groups is 3. The zero-order valence-electron chi connectivity index (χ0n) is 40.4. The minimum atomic E-state index is -0.522. The van der Waals surface area contributed by atoms with Crippen LogP contribution in [0.15, 0.2) is 46.9 Å². The van der Waals surface area contributed by atoms with E-state index < -0.39 is 5.41 Å². The molecule has 0 saturated heterocycles. The molecule has 9 rings (SSSR count). The highest BCUT2D eigenvalue weighted by atomic mass is 16.5. The van der Waals surface area contributed by atoms with Crippen molar-refractivity contribution in [3.63, 3.8) is 0 Å². The zero-order chi connectivity index (χ0) is 45.3. The van der Waals surface area contributed by atoms with Gasteiger partial charge in [0, 0.05) is 24.3 Å². The second-order valence-electron chi connectivity index (χ2n) is 24.7. The summed E-state index contributed by atoms with van der Waals surface area (Å²) in [7, 11) is 0. The highest BCUT2D eigenvalue weighted by molar-refractivity contribution is 5.84. The third-order valence-electron chi connectivity index (χ3n) is 21.2. The second-order valence-corrected chi connectivity index (χ2v) is 24.7. The Labute approximate surface area is 377 Å². The lowest BCUT2D eigenvalue weighted by atomic mass is 9.32. The molecule has 1 amide bonds. The van der Waals surface area contributed by atoms with Gasteiger partial charge in [0.05, 0.1) is 17.3 Å². The number of amides is 1. The van der Waals surface area contributed by atoms with Gasteiger partial charge in [-0.2, -0.15) is 0 Å². The van der Waals surface area contributed by atoms with Crippen LogP contribution in [0.4, 0.5) is 0 Å². The molecule has 1 N–H and O–H groups in total. The number of ether oxygens (including phenoxy) is 2. The summed E-state index contributed by atoms with van der Waals surface area (Å²) in [5, 5.41) is 12.1. The van der Waals surface area contributed by atoms with Crippen molar-refractivity contribution >= 4 is 17.8 Å². The number of fused-ring (bicyclic) bond motifs is 7. The lowest BCUT2D eigenvalue weighted by molar-refractivity contribution is -0.251. The van der Waals surface area contributed by atoms with Gasteiger partial charge in [0.2, 0.25) is 17.7 Å². The third kappa shape index (κ3) is 6.50. The van der Waals surface area contributed by atoms with Crippen molar-refractivity contribution in [2.45, 2.75) is 178 Å². The van der Waals surface area contributed by atoms with E-state index in [9.17, 15) is 9.59 Å². The van der Waals surface area contributed by atoms with Gasteiger partial charge in [-0.25, -0.2) is 0 Å². The maximum absolute atomic E-state index is 15.0. The summed E-state index contributed by atoms with van der Waals surface area (Å²) in [6.45, 7) is 30.0. The molecule has 7 fully saturated rings. The monoisotopic (exact) mass is 864 g/mol. The summed E-state index contributed by atoms with van der Waals surface area (Å²) in [6.07, 6.45) is 11.7. The van der Waals surface area contributed by atoms with E-state index in [1.165, 1.54) is 12.0 Å². The van der Waals surface area contributed by atoms with Gasteiger partial charge in [0.1, 0.15) is 12.7 Å². The molecular weight excluding hydrogens is 787 g/mol. The predicted octanol–water partition coefficient (Wildman–Crippen LogP) is 11.4. The van der Waals surface area contributed by atoms with Crippen LogP contribution in [0.25, 0.3) is 0 Å². The van der Waals surface area contributed by atoms with Gasteiger partial charge in [0.25, 0.3) is 0 Å². The van der Waals surface area contributed by atoms with Gasteiger partial charge >= 0.3 is 11.9 Å². The van der Waals surface area contributed by atoms with Crippen LogP contribution >= 0.6 is 0 Å². The van der Waals surface area contributed by atoms with Crippen LogP contribution in [0.2, 0.25) is 0 Å². The number of benzene rings is 1. The Bertz CT molecular complexity index is 2140. The first-order valence-electron chi connectivity index (χ1n) is 24.7. The Morgan fingerprint density at radius 2 is 1.48 bits per heavy atom. The highest BCUT2D eigenvalue weighted by Gasteiger charge is 2.72. The normalized spacial score (nSPS) is 42.7. The van der Waals surface area contributed by atoms with E-state index in [1.807, 2.05) is 51.1 Å². The molecule has 7 saturated carbocycles. The number of hydrogen-bond donors (Lipinski definition) is 1. The molecule has 0 spiro atoms. The van der Waals surface area contributed by atoms with E-state index in [0.29, 0.717) is 47.8 Å². The molecule has 9 heteroatoms. The van der Waals surface area contributed by atoms with Crippen molar-refractivity contribution in [2.24, 2.45) is 79.3 Å². The van der Waals surface area contributed by atoms with Crippen LogP contribution in [0.1, 0.15) is 170 Å². The zero-order valence-corrected chi connectivity index (χ0v) is 40.4. The number of aryl methyl sites for hydroxylation is 1. The lowest BCUT2D eigenvalue weighted by Crippen LogP contribution is -2.68. The highest BCUT2D eigenvalue weighted by Crippen LogP contribution is 2.78. The molecule has 1 aromatic heterocycles. The molecule has 9 nitrogen and oxygen atoms in total. The first-order chi connectivity index (χ1) is 29.5. The van der Waals surface area contributed by atoms with Crippen LogP contribution in [0.5, 0.6) is 0 Å². The Hall–Kier alpha value is -3.49. The first-order valence-corrected chi connectivity index (χ1v) is 24.7. The Morgan fingerprint density at radius 1 is 0.762 bits per heavy atom. The van der Waals surface area contributed by atoms with E-state index in [-0.39, 0.29) is 86.8 Å². The van der Waals surface area contributed by atoms with Crippen molar-refractivity contribution in [3.05, 3.63) is 59.8 Å². The van der Waals surface area contributed by atoms with E-state index in [0.717, 1.165) is 69.8 Å². The number of nitrogens with one attached hydrogen (secondary N) is 1. The maximum Gasteiger partial charge on any atom is 0.309 e. The molecule has 0 unspecified atom stereocenters. The minimum Gasteiger partial charge on any atom is -0.462 e. The summed E-state index contributed by atoms with van der Waals surface area (Å²) in [5.41, 5.74) is 1.32. The fourth-order valence-corrected chi connectivity index (χ4v) is 16.8. The summed E-state index contributed by atoms with van der Waals surface area (Å²) < 4.78 is 18.2. The van der Waals surface area contributed by atoms with Gasteiger partial charge in [-0.05, 0) is 146 Å². The number of rotatable bonds is 9. The van der Waals surface area contributed by atoms with Crippen molar-refractivity contribution in [1.29, 1.82) is 0 Å². The Morgan fingerprint density at radius 3 is 2.13 bits per heavy atom. The fraction of sp³-hybridized carbons (Fsp3) is 0.759. The molecule has 0 aliphatic heterocycles. The van der Waals surface area contributed by atoms with Crippen molar-refractivity contribution < 1.29 is 28.3 Å². The Kier molecular flexibility index (Phi) is 10.7. The quantitative estimate of drug-likeness (QED) is 0.195. The number of nitrogens with zero attached hydrogens (tertiary/aromatic N) is 2. The van der Waals surface area contributed by atoms with Gasteiger partial charge in [-0.1, -0.05) is 105 Å². The molecule has 7 aliphatic carbocycles. The van der Waals surface area contributed by atoms with E-state index in [4.69, 9.17) is 13.9 Å². The van der Waals surface area contributed by atoms with Crippen molar-refractivity contribution in [1.82, 2.24) is 15.5 Å². The smallest absolute Gasteiger partial charge is 0.309 e. The van der Waals surface area contributed by atoms with Gasteiger partial charge in [-0.3, -0.25) is 14.4 Å². The number of aromatic nitrogens is 2. The molecule has 2 aromatic rings. The summed E-state index contributed by atoms with van der Waals surface area (Å²) in [4.78, 5) is 42.3. The molecule has 63 heavy (non-hydrogen) atoms. The molecule has 1 heterocycles. The molecule has 7 aliphatic rings. The summed E-state index contributed by atoms with van der Waals surface area (Å²) in [5.74, 6) is 2.77. The lowest BCUT2D eigenvalue weighted by Gasteiger charge is -2.73. The number of carbonyl (C=O) groups excluding carboxylic acids is 3. The average molecular weight is 864 g/mol. The minimum absolute atomic E-state index is 0.0711. The largest absolute Gasteiger partial charge is 0.462 e. The molecule has 344 valence electrons. The predicted molar refractivity (Wildman–Crippen MR) is 243 cm³/mol. The van der Waals surface area contributed by atoms with E-state index in [2.05, 4.69) is 77.5 Å². The van der Waals surface area contributed by atoms with E-state index >= 15 is 4.79 Å². The number of esters is 2. The molecule has 0 radical (unpaired) electrons. The fourth-order valence-electron chi connectivity index (χ4n) is 16.8. The van der Waals surface area contributed by atoms with Gasteiger partial charge in [0.15, 0.2) is 0 Å². The van der Waals surface area contributed by atoms with Crippen LogP contribution in [0.3, 0.4) is 0 Å². The number of allylic oxidation sites excluding steroid dienone is 1. The Balaban J connectivity index is 0.889. The standard InChI is InChI=1S/C54H77N3O6/c1-31(2)34-20-25-54(47(60)55-41-29-36(49(41,6)7)44-57-56-32(3)62-44)27-26-52(11)35(43(34)54)18-19-40-51(10)23-22-42(50(8,9)39(51)21-24-53(40,52)12)63-46(59)38-28-37(48(38,4)5)45(58)61-30-33-16-14-13-15-17-33/h13-17,34-43H,1,18-30H2,2-12H3,(H,55,60)/t34-,35+,36+,37-,38+,39-,40+,41+,42-,43+,51-,52+,53+,54-/m0/s1. The molecule has 0 bridgehead atoms. The van der Waals surface area contributed by atoms with E-state index in [1.54, 1.807) is 0 Å². The molecular formula is C54H77N3O6. The van der Waals surface area contributed by atoms with Crippen LogP contribution in [-0.4, -0.2) is 40.2 Å². The second kappa shape index (κ2) is 15.0. The maximum atomic E-state index is 15.0. The summed E-state index contributed by atoms with van der Waals surface area (Å²) >= 11 is 0. The first kappa shape index (κ1) is 44.7. The van der Waals surface area contributed by atoms with Crippen LogP contribution < -0.4 is 5.32 Å². The van der Waals surface area contributed by atoms with Crippen LogP contribution in [-0.2, 0) is 30.5 Å². The molecule has 14 atom stereocenters. The number of hydrogen-bond acceptors (Lipinski definition) is 8. The SMILES string of the molecule is C=C(C)[C@@H]1CC[C@]2(C(=O)N[C@@H]3C[C@H](c4nnc(C)o4)C3(C)C)CC[C@]3(C)[C@H](CC[C@@H]4[C@@]5(C)CC[C@H](OC(=O)[C@H]6C[C@@H](C(=O)OCc7ccccc7)C6(C)C)C(C)(C)[C@@H]5CC[C@]43C)[C@@H]12. The third-order valence-corrected chi connectivity index (χ3v) is 21.2. The van der Waals surface area contributed by atoms with Crippen molar-refractivity contribution in [2.75, 3.05) is 0 Å².